The Hall–Kier alpha value is -1.05. The Labute approximate surface area is 85.6 Å². The fourth-order valence-electron chi connectivity index (χ4n) is 1.54. The average molecular weight is 194 g/mol. The molecule has 0 heterocycles. The molecule has 0 spiro atoms. The van der Waals surface area contributed by atoms with Crippen LogP contribution in [0, 0.1) is 17.3 Å². The number of carbonyl (C=O) groups excluding carboxylic acids is 1. The van der Waals surface area contributed by atoms with E-state index in [4.69, 9.17) is 4.74 Å². The number of hydrogen-bond acceptors (Lipinski definition) is 2. The monoisotopic (exact) mass is 194 g/mol. The number of methoxy groups -OCH3 is 1. The van der Waals surface area contributed by atoms with Gasteiger partial charge in [0.05, 0.1) is 7.11 Å². The highest BCUT2D eigenvalue weighted by molar-refractivity contribution is 5.81. The molecule has 0 aromatic heterocycles. The third kappa shape index (κ3) is 2.06. The molecule has 0 aromatic rings. The van der Waals surface area contributed by atoms with E-state index < -0.39 is 5.41 Å². The van der Waals surface area contributed by atoms with Gasteiger partial charge in [-0.25, -0.2) is 0 Å². The molecular weight excluding hydrogens is 176 g/mol. The molecule has 0 aromatic carbocycles. The van der Waals surface area contributed by atoms with Crippen LogP contribution >= 0.6 is 0 Å². The predicted octanol–water partition coefficient (Wildman–Crippen LogP) is 2.56. The molecule has 0 atom stereocenters. The number of allylic oxidation sites excluding steroid dienone is 2. The Kier molecular flexibility index (Phi) is 3.14. The van der Waals surface area contributed by atoms with E-state index in [0.717, 1.165) is 0 Å². The summed E-state index contributed by atoms with van der Waals surface area (Å²) in [5.74, 6) is 0.810. The van der Waals surface area contributed by atoms with Crippen LogP contribution in [0.3, 0.4) is 0 Å². The van der Waals surface area contributed by atoms with Crippen LogP contribution in [0.4, 0.5) is 0 Å². The maximum atomic E-state index is 11.4. The van der Waals surface area contributed by atoms with Gasteiger partial charge in [0.15, 0.2) is 0 Å². The van der Waals surface area contributed by atoms with Crippen molar-refractivity contribution in [3.63, 3.8) is 0 Å². The molecule has 0 amide bonds. The van der Waals surface area contributed by atoms with Gasteiger partial charge in [0, 0.05) is 0 Å². The van der Waals surface area contributed by atoms with E-state index in [2.05, 4.69) is 26.0 Å². The highest BCUT2D eigenvalue weighted by atomic mass is 16.5. The van der Waals surface area contributed by atoms with Gasteiger partial charge in [0.2, 0.25) is 0 Å². The summed E-state index contributed by atoms with van der Waals surface area (Å²) in [6.45, 7) is 6.20. The van der Waals surface area contributed by atoms with E-state index in [-0.39, 0.29) is 5.97 Å². The molecule has 0 bridgehead atoms. The largest absolute Gasteiger partial charge is 0.468 e. The van der Waals surface area contributed by atoms with Crippen LogP contribution in [0.25, 0.3) is 0 Å². The van der Waals surface area contributed by atoms with Crippen molar-refractivity contribution >= 4 is 5.97 Å². The van der Waals surface area contributed by atoms with Crippen molar-refractivity contribution in [1.29, 1.82) is 0 Å². The zero-order valence-corrected chi connectivity index (χ0v) is 9.28. The summed E-state index contributed by atoms with van der Waals surface area (Å²) in [4.78, 5) is 11.4. The number of carbonyl (C=O) groups is 1. The number of esters is 1. The van der Waals surface area contributed by atoms with Crippen molar-refractivity contribution in [2.24, 2.45) is 17.3 Å². The molecular formula is C12H18O2. The number of ether oxygens (including phenoxy) is 1. The van der Waals surface area contributed by atoms with Crippen LogP contribution in [0.1, 0.15) is 20.8 Å². The summed E-state index contributed by atoms with van der Waals surface area (Å²) in [5, 5.41) is 0. The van der Waals surface area contributed by atoms with Gasteiger partial charge < -0.3 is 4.74 Å². The topological polar surface area (TPSA) is 26.3 Å². The molecule has 78 valence electrons. The first-order valence-electron chi connectivity index (χ1n) is 4.97. The van der Waals surface area contributed by atoms with Crippen LogP contribution in [0.2, 0.25) is 0 Å². The molecule has 0 unspecified atom stereocenters. The Morgan fingerprint density at radius 3 is 2.21 bits per heavy atom. The van der Waals surface area contributed by atoms with Crippen LogP contribution in [-0.4, -0.2) is 13.1 Å². The maximum absolute atomic E-state index is 11.4. The van der Waals surface area contributed by atoms with E-state index in [1.165, 1.54) is 7.11 Å². The summed E-state index contributed by atoms with van der Waals surface area (Å²) >= 11 is 0. The lowest BCUT2D eigenvalue weighted by molar-refractivity contribution is -0.146. The first-order chi connectivity index (χ1) is 6.49. The molecule has 2 heteroatoms. The Balaban J connectivity index is 2.78. The molecule has 1 aliphatic rings. The molecule has 0 radical (unpaired) electrons. The molecule has 0 aliphatic heterocycles. The molecule has 2 nitrogen and oxygen atoms in total. The SMILES string of the molecule is COC(=O)C1(C)C=CC(C(C)C)C=C1. The smallest absolute Gasteiger partial charge is 0.319 e. The van der Waals surface area contributed by atoms with Crippen LogP contribution in [0.5, 0.6) is 0 Å². The summed E-state index contributed by atoms with van der Waals surface area (Å²) < 4.78 is 4.75. The fraction of sp³-hybridized carbons (Fsp3) is 0.583. The third-order valence-corrected chi connectivity index (χ3v) is 2.72. The molecule has 0 saturated carbocycles. The summed E-state index contributed by atoms with van der Waals surface area (Å²) in [6, 6.07) is 0. The fourth-order valence-corrected chi connectivity index (χ4v) is 1.54. The molecule has 0 fully saturated rings. The lowest BCUT2D eigenvalue weighted by atomic mass is 9.80. The van der Waals surface area contributed by atoms with Gasteiger partial charge in [-0.1, -0.05) is 38.2 Å². The molecule has 1 aliphatic carbocycles. The number of hydrogen-bond donors (Lipinski definition) is 0. The van der Waals surface area contributed by atoms with Crippen molar-refractivity contribution in [2.45, 2.75) is 20.8 Å². The van der Waals surface area contributed by atoms with Gasteiger partial charge >= 0.3 is 5.97 Å². The van der Waals surface area contributed by atoms with E-state index >= 15 is 0 Å². The van der Waals surface area contributed by atoms with Crippen LogP contribution in [-0.2, 0) is 9.53 Å². The molecule has 0 saturated heterocycles. The zero-order valence-electron chi connectivity index (χ0n) is 9.28. The molecule has 0 N–H and O–H groups in total. The lowest BCUT2D eigenvalue weighted by Gasteiger charge is -2.25. The third-order valence-electron chi connectivity index (χ3n) is 2.72. The van der Waals surface area contributed by atoms with Gasteiger partial charge in [-0.3, -0.25) is 4.79 Å². The quantitative estimate of drug-likeness (QED) is 0.499. The minimum absolute atomic E-state index is 0.202. The van der Waals surface area contributed by atoms with Crippen molar-refractivity contribution < 1.29 is 9.53 Å². The van der Waals surface area contributed by atoms with Gasteiger partial charge in [-0.15, -0.1) is 0 Å². The summed E-state index contributed by atoms with van der Waals surface area (Å²) in [5.41, 5.74) is -0.569. The first kappa shape index (κ1) is 11.0. The Bertz CT molecular complexity index is 260. The normalized spacial score (nSPS) is 30.8. The second-order valence-electron chi connectivity index (χ2n) is 4.31. The summed E-state index contributed by atoms with van der Waals surface area (Å²) in [7, 11) is 1.42. The Morgan fingerprint density at radius 1 is 1.36 bits per heavy atom. The standard InChI is InChI=1S/C12H18O2/c1-9(2)10-5-7-12(3,8-6-10)11(13)14-4/h5-10H,1-4H3. The summed E-state index contributed by atoms with van der Waals surface area (Å²) in [6.07, 6.45) is 8.04. The Morgan fingerprint density at radius 2 is 1.86 bits per heavy atom. The molecule has 14 heavy (non-hydrogen) atoms. The van der Waals surface area contributed by atoms with Gasteiger partial charge in [0.25, 0.3) is 0 Å². The highest BCUT2D eigenvalue weighted by Crippen LogP contribution is 2.30. The average Bonchev–Trinajstić information content (AvgIpc) is 2.17. The predicted molar refractivity (Wildman–Crippen MR) is 56.7 cm³/mol. The van der Waals surface area contributed by atoms with Crippen molar-refractivity contribution in [2.75, 3.05) is 7.11 Å². The van der Waals surface area contributed by atoms with Crippen molar-refractivity contribution in [3.05, 3.63) is 24.3 Å². The van der Waals surface area contributed by atoms with Crippen LogP contribution in [0.15, 0.2) is 24.3 Å². The first-order valence-corrected chi connectivity index (χ1v) is 4.97. The van der Waals surface area contributed by atoms with Gasteiger partial charge in [-0.05, 0) is 18.8 Å². The maximum Gasteiger partial charge on any atom is 0.319 e. The van der Waals surface area contributed by atoms with Crippen LogP contribution < -0.4 is 0 Å². The lowest BCUT2D eigenvalue weighted by Crippen LogP contribution is -2.27. The van der Waals surface area contributed by atoms with E-state index in [1.807, 2.05) is 19.1 Å². The van der Waals surface area contributed by atoms with Crippen molar-refractivity contribution in [1.82, 2.24) is 0 Å². The van der Waals surface area contributed by atoms with E-state index in [1.54, 1.807) is 0 Å². The second-order valence-corrected chi connectivity index (χ2v) is 4.31. The van der Waals surface area contributed by atoms with Crippen molar-refractivity contribution in [3.8, 4) is 0 Å². The van der Waals surface area contributed by atoms with E-state index in [9.17, 15) is 4.79 Å². The zero-order chi connectivity index (χ0) is 10.8. The minimum atomic E-state index is -0.569. The highest BCUT2D eigenvalue weighted by Gasteiger charge is 2.31. The number of rotatable bonds is 2. The van der Waals surface area contributed by atoms with Gasteiger partial charge in [-0.2, -0.15) is 0 Å². The van der Waals surface area contributed by atoms with E-state index in [0.29, 0.717) is 11.8 Å². The second kappa shape index (κ2) is 3.99. The minimum Gasteiger partial charge on any atom is -0.468 e. The molecule has 1 rings (SSSR count). The van der Waals surface area contributed by atoms with Gasteiger partial charge in [0.1, 0.15) is 5.41 Å².